The molecule has 7 heteroatoms. The van der Waals surface area contributed by atoms with Gasteiger partial charge < -0.3 is 15.4 Å². The molecule has 47 heavy (non-hydrogen) atoms. The third-order valence-electron chi connectivity index (χ3n) is 12.9. The summed E-state index contributed by atoms with van der Waals surface area (Å²) in [7, 11) is 0. The van der Waals surface area contributed by atoms with Gasteiger partial charge >= 0.3 is 0 Å². The summed E-state index contributed by atoms with van der Waals surface area (Å²) in [6.45, 7) is 2.30. The molecule has 4 heterocycles. The Morgan fingerprint density at radius 2 is 0.872 bits per heavy atom. The van der Waals surface area contributed by atoms with Crippen LogP contribution in [0.1, 0.15) is 136 Å². The molecule has 8 rings (SSSR count). The quantitative estimate of drug-likeness (QED) is 0.264. The molecule has 0 spiro atoms. The Hall–Kier alpha value is -2.74. The SMILES string of the molecule is O=C(COCC(=O)NC1CCC(CCN2[C@@H]3CC[C@H]2c2ccccc23)CC1)NC1CCC(CCN2[C@@H]3CC[C@H]2c2ccccc23)CC1. The molecule has 2 amide bonds. The van der Waals surface area contributed by atoms with Crippen LogP contribution in [0, 0.1) is 11.8 Å². The number of fused-ring (bicyclic) bond motifs is 10. The van der Waals surface area contributed by atoms with E-state index in [9.17, 15) is 9.59 Å². The van der Waals surface area contributed by atoms with E-state index in [1.807, 2.05) is 0 Å². The number of nitrogens with zero attached hydrogens (tertiary/aromatic N) is 2. The van der Waals surface area contributed by atoms with Crippen molar-refractivity contribution in [3.63, 3.8) is 0 Å². The highest BCUT2D eigenvalue weighted by atomic mass is 16.5. The Morgan fingerprint density at radius 1 is 0.532 bits per heavy atom. The number of amides is 2. The predicted octanol–water partition coefficient (Wildman–Crippen LogP) is 6.92. The highest BCUT2D eigenvalue weighted by molar-refractivity contribution is 5.79. The van der Waals surface area contributed by atoms with Gasteiger partial charge in [0.2, 0.25) is 11.8 Å². The summed E-state index contributed by atoms with van der Waals surface area (Å²) < 4.78 is 5.54. The van der Waals surface area contributed by atoms with Gasteiger partial charge in [0.1, 0.15) is 13.2 Å². The predicted molar refractivity (Wildman–Crippen MR) is 184 cm³/mol. The molecule has 2 aliphatic carbocycles. The molecule has 7 nitrogen and oxygen atoms in total. The van der Waals surface area contributed by atoms with Crippen LogP contribution in [0.5, 0.6) is 0 Å². The minimum Gasteiger partial charge on any atom is -0.362 e. The first-order valence-corrected chi connectivity index (χ1v) is 19.0. The van der Waals surface area contributed by atoms with Gasteiger partial charge in [0.15, 0.2) is 0 Å². The van der Waals surface area contributed by atoms with Crippen molar-refractivity contribution in [2.75, 3.05) is 26.3 Å². The zero-order chi connectivity index (χ0) is 31.7. The number of hydrogen-bond donors (Lipinski definition) is 2. The highest BCUT2D eigenvalue weighted by Crippen LogP contribution is 2.54. The summed E-state index contributed by atoms with van der Waals surface area (Å²) in [5.41, 5.74) is 6.27. The topological polar surface area (TPSA) is 73.9 Å². The molecule has 2 aromatic carbocycles. The summed E-state index contributed by atoms with van der Waals surface area (Å²) >= 11 is 0. The second-order valence-corrected chi connectivity index (χ2v) is 15.6. The molecule has 2 aromatic rings. The zero-order valence-corrected chi connectivity index (χ0v) is 28.1. The Labute approximate surface area is 281 Å². The second kappa shape index (κ2) is 14.0. The molecule has 6 aliphatic rings. The second-order valence-electron chi connectivity index (χ2n) is 15.6. The molecule has 4 atom stereocenters. The standard InChI is InChI=1S/C40H54N4O3/c45-39(41-29-13-9-27(10-14-29)21-23-43-35-17-18-36(43)32-6-2-1-5-31(32)35)25-47-26-40(46)42-30-15-11-28(12-16-30)22-24-44-37-19-20-38(44)34-8-4-3-7-33(34)37/h1-8,27-30,35-38H,9-26H2,(H,41,45)(H,42,46)/t27?,28?,29?,30?,35-,36+,37-,38+. The lowest BCUT2D eigenvalue weighted by Gasteiger charge is -2.31. The lowest BCUT2D eigenvalue weighted by atomic mass is 9.84. The van der Waals surface area contributed by atoms with Crippen LogP contribution in [0.4, 0.5) is 0 Å². The maximum absolute atomic E-state index is 12.6. The molecular weight excluding hydrogens is 584 g/mol. The van der Waals surface area contributed by atoms with E-state index in [0.717, 1.165) is 37.5 Å². The van der Waals surface area contributed by atoms with E-state index in [-0.39, 0.29) is 37.1 Å². The third kappa shape index (κ3) is 6.65. The van der Waals surface area contributed by atoms with Crippen LogP contribution in [0.2, 0.25) is 0 Å². The van der Waals surface area contributed by atoms with Crippen molar-refractivity contribution >= 4 is 11.8 Å². The molecule has 2 N–H and O–H groups in total. The van der Waals surface area contributed by atoms with Crippen molar-refractivity contribution in [1.29, 1.82) is 0 Å². The molecule has 4 fully saturated rings. The van der Waals surface area contributed by atoms with E-state index in [0.29, 0.717) is 24.2 Å². The maximum atomic E-state index is 12.6. The van der Waals surface area contributed by atoms with Gasteiger partial charge in [-0.1, -0.05) is 48.5 Å². The number of hydrogen-bond acceptors (Lipinski definition) is 5. The van der Waals surface area contributed by atoms with Crippen molar-refractivity contribution in [2.24, 2.45) is 11.8 Å². The van der Waals surface area contributed by atoms with Crippen LogP contribution in [0.25, 0.3) is 0 Å². The molecular formula is C40H54N4O3. The Bertz CT molecular complexity index is 1250. The van der Waals surface area contributed by atoms with Crippen LogP contribution < -0.4 is 10.6 Å². The van der Waals surface area contributed by atoms with Crippen molar-refractivity contribution < 1.29 is 14.3 Å². The van der Waals surface area contributed by atoms with Crippen LogP contribution >= 0.6 is 0 Å². The van der Waals surface area contributed by atoms with E-state index in [2.05, 4.69) is 69.0 Å². The van der Waals surface area contributed by atoms with Crippen LogP contribution in [-0.4, -0.2) is 60.0 Å². The first-order valence-electron chi connectivity index (χ1n) is 19.0. The normalized spacial score (nSPS) is 32.7. The Morgan fingerprint density at radius 3 is 1.21 bits per heavy atom. The molecule has 4 aliphatic heterocycles. The van der Waals surface area contributed by atoms with E-state index >= 15 is 0 Å². The van der Waals surface area contributed by atoms with Gasteiger partial charge in [-0.3, -0.25) is 19.4 Å². The van der Waals surface area contributed by atoms with E-state index in [4.69, 9.17) is 4.74 Å². The lowest BCUT2D eigenvalue weighted by molar-refractivity contribution is -0.132. The fourth-order valence-electron chi connectivity index (χ4n) is 10.6. The van der Waals surface area contributed by atoms with E-state index in [1.165, 1.54) is 77.3 Å². The number of benzene rings is 2. The maximum Gasteiger partial charge on any atom is 0.246 e. The van der Waals surface area contributed by atoms with Crippen LogP contribution in [0.3, 0.4) is 0 Å². The highest BCUT2D eigenvalue weighted by Gasteiger charge is 2.44. The summed E-state index contributed by atoms with van der Waals surface area (Å²) in [6, 6.07) is 21.1. The smallest absolute Gasteiger partial charge is 0.246 e. The van der Waals surface area contributed by atoms with Gasteiger partial charge in [0, 0.05) is 36.3 Å². The first-order chi connectivity index (χ1) is 23.1. The van der Waals surface area contributed by atoms with Gasteiger partial charge in [-0.15, -0.1) is 0 Å². The number of rotatable bonds is 12. The van der Waals surface area contributed by atoms with Crippen molar-refractivity contribution in [3.8, 4) is 0 Å². The van der Waals surface area contributed by atoms with Gasteiger partial charge in [-0.2, -0.15) is 0 Å². The molecule has 2 saturated heterocycles. The first kappa shape index (κ1) is 31.5. The van der Waals surface area contributed by atoms with E-state index < -0.39 is 0 Å². The average molecular weight is 639 g/mol. The summed E-state index contributed by atoms with van der Waals surface area (Å²) in [4.78, 5) is 30.7. The van der Waals surface area contributed by atoms with E-state index in [1.54, 1.807) is 22.3 Å². The fraction of sp³-hybridized carbons (Fsp3) is 0.650. The number of carbonyl (C=O) groups excluding carboxylic acids is 2. The van der Waals surface area contributed by atoms with Crippen LogP contribution in [-0.2, 0) is 14.3 Å². The molecule has 0 aromatic heterocycles. The zero-order valence-electron chi connectivity index (χ0n) is 28.1. The van der Waals surface area contributed by atoms with Crippen LogP contribution in [0.15, 0.2) is 48.5 Å². The number of carbonyl (C=O) groups is 2. The average Bonchev–Trinajstić information content (AvgIpc) is 3.86. The van der Waals surface area contributed by atoms with Gasteiger partial charge in [-0.05, 0) is 137 Å². The Balaban J connectivity index is 0.669. The van der Waals surface area contributed by atoms with Crippen molar-refractivity contribution in [1.82, 2.24) is 20.4 Å². The summed E-state index contributed by atoms with van der Waals surface area (Å²) in [5.74, 6) is 1.31. The van der Waals surface area contributed by atoms with Gasteiger partial charge in [-0.25, -0.2) is 0 Å². The fourth-order valence-corrected chi connectivity index (χ4v) is 10.6. The molecule has 4 bridgehead atoms. The largest absolute Gasteiger partial charge is 0.362 e. The Kier molecular flexibility index (Phi) is 9.40. The third-order valence-corrected chi connectivity index (χ3v) is 12.9. The molecule has 252 valence electrons. The van der Waals surface area contributed by atoms with Crippen molar-refractivity contribution in [3.05, 3.63) is 70.8 Å². The van der Waals surface area contributed by atoms with Gasteiger partial charge in [0.05, 0.1) is 0 Å². The lowest BCUT2D eigenvalue weighted by Crippen LogP contribution is -2.42. The summed E-state index contributed by atoms with van der Waals surface area (Å²) in [6.07, 6.45) is 16.6. The van der Waals surface area contributed by atoms with Gasteiger partial charge in [0.25, 0.3) is 0 Å². The number of nitrogens with one attached hydrogen (secondary N) is 2. The summed E-state index contributed by atoms with van der Waals surface area (Å²) in [5, 5.41) is 6.34. The molecule has 0 radical (unpaired) electrons. The monoisotopic (exact) mass is 638 g/mol. The molecule has 2 saturated carbocycles. The van der Waals surface area contributed by atoms with Crippen molar-refractivity contribution in [2.45, 2.75) is 126 Å². The molecule has 0 unspecified atom stereocenters. The number of ether oxygens (including phenoxy) is 1. The minimum absolute atomic E-state index is 0.0409. The minimum atomic E-state index is -0.0947.